The molecule has 2 aliphatic rings. The smallest absolute Gasteiger partial charge is 0.257 e. The molecule has 1 spiro atoms. The summed E-state index contributed by atoms with van der Waals surface area (Å²) >= 11 is 0. The summed E-state index contributed by atoms with van der Waals surface area (Å²) in [6.45, 7) is 16.0. The Morgan fingerprint density at radius 3 is 2.08 bits per heavy atom. The van der Waals surface area contributed by atoms with Crippen LogP contribution in [0.5, 0.6) is 0 Å². The molecule has 2 heterocycles. The maximum Gasteiger partial charge on any atom is 0.257 e. The lowest BCUT2D eigenvalue weighted by Crippen LogP contribution is -2.65. The summed E-state index contributed by atoms with van der Waals surface area (Å²) in [6.07, 6.45) is 7.02. The maximum absolute atomic E-state index is 13.5. The fourth-order valence-electron chi connectivity index (χ4n) is 5.00. The molecule has 1 N–H and O–H groups in total. The quantitative estimate of drug-likeness (QED) is 0.737. The largest absolute Gasteiger partial charge is 0.339 e. The van der Waals surface area contributed by atoms with Crippen LogP contribution in [0.25, 0.3) is 0 Å². The standard InChI is InChI=1S/C20H38N2O2/c1-8-10-11-12-13-22-16(23)20(24-19(22,7)9-2)14-17(3,4)21-18(5,6)15-20/h21H,8-15H2,1-7H3. The summed E-state index contributed by atoms with van der Waals surface area (Å²) < 4.78 is 6.62. The van der Waals surface area contributed by atoms with E-state index in [0.717, 1.165) is 32.2 Å². The summed E-state index contributed by atoms with van der Waals surface area (Å²) in [6, 6.07) is 0. The number of rotatable bonds is 6. The molecule has 2 saturated heterocycles. The van der Waals surface area contributed by atoms with Gasteiger partial charge in [-0.05, 0) is 47.5 Å². The van der Waals surface area contributed by atoms with Crippen molar-refractivity contribution in [2.24, 2.45) is 0 Å². The second kappa shape index (κ2) is 6.60. The van der Waals surface area contributed by atoms with Gasteiger partial charge in [0.25, 0.3) is 5.91 Å². The first-order chi connectivity index (χ1) is 11.0. The molecule has 1 amide bonds. The van der Waals surface area contributed by atoms with Gasteiger partial charge >= 0.3 is 0 Å². The minimum absolute atomic E-state index is 0.107. The van der Waals surface area contributed by atoms with Gasteiger partial charge in [0.1, 0.15) is 5.72 Å². The number of hydrogen-bond acceptors (Lipinski definition) is 3. The number of piperidine rings is 1. The minimum atomic E-state index is -0.673. The van der Waals surface area contributed by atoms with Gasteiger partial charge in [0.15, 0.2) is 5.60 Å². The maximum atomic E-state index is 13.5. The van der Waals surface area contributed by atoms with Crippen molar-refractivity contribution in [2.75, 3.05) is 6.54 Å². The number of nitrogens with zero attached hydrogens (tertiary/aromatic N) is 1. The molecule has 140 valence electrons. The number of nitrogens with one attached hydrogen (secondary N) is 1. The van der Waals surface area contributed by atoms with E-state index in [0.29, 0.717) is 0 Å². The van der Waals surface area contributed by atoms with Gasteiger partial charge in [-0.15, -0.1) is 0 Å². The summed E-state index contributed by atoms with van der Waals surface area (Å²) in [4.78, 5) is 15.5. The van der Waals surface area contributed by atoms with E-state index in [1.807, 2.05) is 4.90 Å². The number of carbonyl (C=O) groups excluding carboxylic acids is 1. The zero-order valence-electron chi connectivity index (χ0n) is 16.9. The first-order valence-electron chi connectivity index (χ1n) is 9.81. The van der Waals surface area contributed by atoms with E-state index in [4.69, 9.17) is 4.74 Å². The topological polar surface area (TPSA) is 41.6 Å². The van der Waals surface area contributed by atoms with Gasteiger partial charge in [-0.3, -0.25) is 4.79 Å². The monoisotopic (exact) mass is 338 g/mol. The molecule has 1 atom stereocenters. The van der Waals surface area contributed by atoms with E-state index < -0.39 is 11.3 Å². The molecule has 2 rings (SSSR count). The molecule has 0 radical (unpaired) electrons. The summed E-state index contributed by atoms with van der Waals surface area (Å²) in [5.41, 5.74) is -1.35. The van der Waals surface area contributed by atoms with Gasteiger partial charge in [-0.25, -0.2) is 0 Å². The zero-order chi connectivity index (χ0) is 18.2. The van der Waals surface area contributed by atoms with Gasteiger partial charge in [0.2, 0.25) is 0 Å². The Hall–Kier alpha value is -0.610. The number of ether oxygens (including phenoxy) is 1. The second-order valence-corrected chi connectivity index (χ2v) is 9.39. The van der Waals surface area contributed by atoms with E-state index in [2.05, 4.69) is 53.8 Å². The molecule has 2 fully saturated rings. The molecule has 1 unspecified atom stereocenters. The van der Waals surface area contributed by atoms with Crippen molar-refractivity contribution < 1.29 is 9.53 Å². The van der Waals surface area contributed by atoms with Crippen LogP contribution in [0.1, 0.15) is 93.4 Å². The molecule has 2 aliphatic heterocycles. The van der Waals surface area contributed by atoms with Crippen LogP contribution in [0.15, 0.2) is 0 Å². The van der Waals surface area contributed by atoms with Crippen molar-refractivity contribution >= 4 is 5.91 Å². The van der Waals surface area contributed by atoms with Gasteiger partial charge in [-0.1, -0.05) is 33.1 Å². The van der Waals surface area contributed by atoms with E-state index in [-0.39, 0.29) is 17.0 Å². The highest BCUT2D eigenvalue weighted by Crippen LogP contribution is 2.48. The lowest BCUT2D eigenvalue weighted by molar-refractivity contribution is -0.163. The highest BCUT2D eigenvalue weighted by molar-refractivity contribution is 5.88. The fraction of sp³-hybridized carbons (Fsp3) is 0.950. The Bertz CT molecular complexity index is 456. The molecule has 0 bridgehead atoms. The molecular formula is C20H38N2O2. The fourth-order valence-corrected chi connectivity index (χ4v) is 5.00. The van der Waals surface area contributed by atoms with Gasteiger partial charge in [-0.2, -0.15) is 0 Å². The van der Waals surface area contributed by atoms with Crippen LogP contribution in [-0.2, 0) is 9.53 Å². The summed E-state index contributed by atoms with van der Waals surface area (Å²) in [5, 5.41) is 3.67. The van der Waals surface area contributed by atoms with Crippen LogP contribution in [0.3, 0.4) is 0 Å². The summed E-state index contributed by atoms with van der Waals surface area (Å²) in [7, 11) is 0. The van der Waals surface area contributed by atoms with Crippen molar-refractivity contribution in [3.8, 4) is 0 Å². The lowest BCUT2D eigenvalue weighted by Gasteiger charge is -2.50. The first kappa shape index (κ1) is 19.7. The summed E-state index contributed by atoms with van der Waals surface area (Å²) in [5.74, 6) is 0.214. The Kier molecular flexibility index (Phi) is 5.42. The molecule has 24 heavy (non-hydrogen) atoms. The number of unbranched alkanes of at least 4 members (excludes halogenated alkanes) is 3. The molecule has 0 aromatic carbocycles. The van der Waals surface area contributed by atoms with Crippen LogP contribution < -0.4 is 5.32 Å². The van der Waals surface area contributed by atoms with Crippen LogP contribution in [0.4, 0.5) is 0 Å². The molecule has 0 aliphatic carbocycles. The predicted octanol–water partition coefficient (Wildman–Crippen LogP) is 4.23. The van der Waals surface area contributed by atoms with Crippen LogP contribution in [0, 0.1) is 0 Å². The second-order valence-electron chi connectivity index (χ2n) is 9.39. The van der Waals surface area contributed by atoms with Gasteiger partial charge in [0, 0.05) is 30.5 Å². The van der Waals surface area contributed by atoms with Crippen molar-refractivity contribution in [1.29, 1.82) is 0 Å². The van der Waals surface area contributed by atoms with Crippen LogP contribution >= 0.6 is 0 Å². The average molecular weight is 339 g/mol. The van der Waals surface area contributed by atoms with E-state index in [1.165, 1.54) is 19.3 Å². The van der Waals surface area contributed by atoms with E-state index in [9.17, 15) is 4.79 Å². The highest BCUT2D eigenvalue weighted by atomic mass is 16.6. The Morgan fingerprint density at radius 2 is 1.58 bits per heavy atom. The van der Waals surface area contributed by atoms with Gasteiger partial charge < -0.3 is 15.0 Å². The molecule has 0 aromatic heterocycles. The molecule has 0 saturated carbocycles. The third-order valence-corrected chi connectivity index (χ3v) is 5.64. The third kappa shape index (κ3) is 3.80. The normalized spacial score (nSPS) is 31.0. The van der Waals surface area contributed by atoms with Crippen molar-refractivity contribution in [3.63, 3.8) is 0 Å². The van der Waals surface area contributed by atoms with Crippen LogP contribution in [-0.4, -0.2) is 39.8 Å². The Balaban J connectivity index is 2.25. The van der Waals surface area contributed by atoms with Crippen molar-refractivity contribution in [1.82, 2.24) is 10.2 Å². The first-order valence-corrected chi connectivity index (χ1v) is 9.81. The molecular weight excluding hydrogens is 300 g/mol. The minimum Gasteiger partial charge on any atom is -0.339 e. The lowest BCUT2D eigenvalue weighted by atomic mass is 9.72. The Labute approximate surface area is 148 Å². The number of hydrogen-bond donors (Lipinski definition) is 1. The van der Waals surface area contributed by atoms with E-state index >= 15 is 0 Å². The SMILES string of the molecule is CCCCCCN1C(=O)C2(CC(C)(C)NC(C)(C)C2)OC1(C)CC. The van der Waals surface area contributed by atoms with Crippen molar-refractivity contribution in [2.45, 2.75) is 116 Å². The predicted molar refractivity (Wildman–Crippen MR) is 98.9 cm³/mol. The van der Waals surface area contributed by atoms with Crippen LogP contribution in [0.2, 0.25) is 0 Å². The van der Waals surface area contributed by atoms with E-state index in [1.54, 1.807) is 0 Å². The molecule has 0 aromatic rings. The molecule has 4 heteroatoms. The third-order valence-electron chi connectivity index (χ3n) is 5.64. The number of carbonyl (C=O) groups is 1. The van der Waals surface area contributed by atoms with Crippen molar-refractivity contribution in [3.05, 3.63) is 0 Å². The number of amides is 1. The zero-order valence-corrected chi connectivity index (χ0v) is 16.9. The highest BCUT2D eigenvalue weighted by Gasteiger charge is 2.62. The molecule has 4 nitrogen and oxygen atoms in total. The van der Waals surface area contributed by atoms with Gasteiger partial charge in [0.05, 0.1) is 0 Å². The Morgan fingerprint density at radius 1 is 1.00 bits per heavy atom. The average Bonchev–Trinajstić information content (AvgIpc) is 2.61.